The van der Waals surface area contributed by atoms with Crippen molar-refractivity contribution < 1.29 is 4.39 Å². The molecule has 0 bridgehead atoms. The zero-order chi connectivity index (χ0) is 16.4. The van der Waals surface area contributed by atoms with E-state index in [0.29, 0.717) is 18.0 Å². The first-order valence-electron chi connectivity index (χ1n) is 7.55. The van der Waals surface area contributed by atoms with Crippen LogP contribution in [-0.2, 0) is 6.54 Å². The second kappa shape index (κ2) is 6.08. The van der Waals surface area contributed by atoms with Crippen molar-refractivity contribution in [1.29, 1.82) is 0 Å². The number of aromatic nitrogens is 4. The van der Waals surface area contributed by atoms with Gasteiger partial charge in [0, 0.05) is 24.5 Å². The first kappa shape index (κ1) is 14.3. The molecule has 0 aliphatic carbocycles. The molecule has 0 fully saturated rings. The third-order valence-corrected chi connectivity index (χ3v) is 3.73. The quantitative estimate of drug-likeness (QED) is 0.625. The zero-order valence-electron chi connectivity index (χ0n) is 12.7. The van der Waals surface area contributed by atoms with Crippen LogP contribution in [0.15, 0.2) is 67.0 Å². The normalized spacial score (nSPS) is 10.9. The van der Waals surface area contributed by atoms with Crippen molar-refractivity contribution in [3.8, 4) is 11.4 Å². The molecule has 0 saturated carbocycles. The van der Waals surface area contributed by atoms with Crippen LogP contribution in [0.3, 0.4) is 0 Å². The van der Waals surface area contributed by atoms with Gasteiger partial charge in [0.25, 0.3) is 0 Å². The Morgan fingerprint density at radius 1 is 0.958 bits per heavy atom. The van der Waals surface area contributed by atoms with E-state index in [1.54, 1.807) is 18.3 Å². The SMILES string of the molecule is Fc1ccc(CNc2nccn3c(-c4ccccc4)nnc23)cc1. The average molecular weight is 319 g/mol. The van der Waals surface area contributed by atoms with Crippen LogP contribution in [0, 0.1) is 5.82 Å². The van der Waals surface area contributed by atoms with Crippen molar-refractivity contribution >= 4 is 11.5 Å². The van der Waals surface area contributed by atoms with E-state index in [1.165, 1.54) is 12.1 Å². The van der Waals surface area contributed by atoms with Gasteiger partial charge >= 0.3 is 0 Å². The Hall–Kier alpha value is -3.28. The first-order chi connectivity index (χ1) is 11.8. The summed E-state index contributed by atoms with van der Waals surface area (Å²) in [7, 11) is 0. The van der Waals surface area contributed by atoms with Crippen LogP contribution in [0.4, 0.5) is 10.2 Å². The van der Waals surface area contributed by atoms with E-state index >= 15 is 0 Å². The molecule has 0 spiro atoms. The molecule has 0 amide bonds. The summed E-state index contributed by atoms with van der Waals surface area (Å²) in [5, 5.41) is 11.8. The minimum atomic E-state index is -0.246. The third-order valence-electron chi connectivity index (χ3n) is 3.73. The number of rotatable bonds is 4. The van der Waals surface area contributed by atoms with Crippen LogP contribution in [0.2, 0.25) is 0 Å². The third kappa shape index (κ3) is 2.69. The Bertz CT molecular complexity index is 964. The van der Waals surface area contributed by atoms with Crippen LogP contribution in [0.25, 0.3) is 17.0 Å². The molecule has 6 heteroatoms. The Morgan fingerprint density at radius 2 is 1.75 bits per heavy atom. The highest BCUT2D eigenvalue weighted by atomic mass is 19.1. The van der Waals surface area contributed by atoms with Gasteiger partial charge in [-0.15, -0.1) is 10.2 Å². The highest BCUT2D eigenvalue weighted by Gasteiger charge is 2.11. The van der Waals surface area contributed by atoms with Crippen molar-refractivity contribution in [3.63, 3.8) is 0 Å². The number of hydrogen-bond acceptors (Lipinski definition) is 4. The van der Waals surface area contributed by atoms with Crippen molar-refractivity contribution in [2.24, 2.45) is 0 Å². The molecule has 2 heterocycles. The Morgan fingerprint density at radius 3 is 2.54 bits per heavy atom. The molecular weight excluding hydrogens is 305 g/mol. The number of fused-ring (bicyclic) bond motifs is 1. The van der Waals surface area contributed by atoms with E-state index in [0.717, 1.165) is 17.0 Å². The van der Waals surface area contributed by atoms with Gasteiger partial charge in [0.15, 0.2) is 11.6 Å². The van der Waals surface area contributed by atoms with E-state index in [9.17, 15) is 4.39 Å². The number of hydrogen-bond donors (Lipinski definition) is 1. The van der Waals surface area contributed by atoms with Gasteiger partial charge < -0.3 is 5.32 Å². The largest absolute Gasteiger partial charge is 0.363 e. The molecule has 4 rings (SSSR count). The highest BCUT2D eigenvalue weighted by molar-refractivity contribution is 5.67. The molecule has 2 aromatic heterocycles. The summed E-state index contributed by atoms with van der Waals surface area (Å²) in [6, 6.07) is 16.2. The van der Waals surface area contributed by atoms with Gasteiger partial charge in [-0.2, -0.15) is 0 Å². The predicted octanol–water partition coefficient (Wildman–Crippen LogP) is 3.54. The van der Waals surface area contributed by atoms with E-state index < -0.39 is 0 Å². The minimum absolute atomic E-state index is 0.246. The number of nitrogens with zero attached hydrogens (tertiary/aromatic N) is 4. The Kier molecular flexibility index (Phi) is 3.63. The Labute approximate surface area is 137 Å². The lowest BCUT2D eigenvalue weighted by atomic mass is 10.2. The first-order valence-corrected chi connectivity index (χ1v) is 7.55. The van der Waals surface area contributed by atoms with Gasteiger partial charge in [-0.3, -0.25) is 4.40 Å². The summed E-state index contributed by atoms with van der Waals surface area (Å²) in [4.78, 5) is 4.34. The van der Waals surface area contributed by atoms with E-state index in [4.69, 9.17) is 0 Å². The lowest BCUT2D eigenvalue weighted by molar-refractivity contribution is 0.627. The Balaban J connectivity index is 1.65. The van der Waals surface area contributed by atoms with Gasteiger partial charge in [-0.25, -0.2) is 9.37 Å². The van der Waals surface area contributed by atoms with E-state index in [2.05, 4.69) is 20.5 Å². The van der Waals surface area contributed by atoms with Crippen molar-refractivity contribution in [1.82, 2.24) is 19.6 Å². The zero-order valence-corrected chi connectivity index (χ0v) is 12.7. The molecule has 24 heavy (non-hydrogen) atoms. The monoisotopic (exact) mass is 319 g/mol. The number of nitrogens with one attached hydrogen (secondary N) is 1. The van der Waals surface area contributed by atoms with Crippen LogP contribution in [0.5, 0.6) is 0 Å². The van der Waals surface area contributed by atoms with Crippen molar-refractivity contribution in [3.05, 3.63) is 78.4 Å². The summed E-state index contributed by atoms with van der Waals surface area (Å²) in [6.45, 7) is 0.528. The molecule has 4 aromatic rings. The predicted molar refractivity (Wildman–Crippen MR) is 89.9 cm³/mol. The van der Waals surface area contributed by atoms with Crippen LogP contribution < -0.4 is 5.32 Å². The second-order valence-corrected chi connectivity index (χ2v) is 5.34. The summed E-state index contributed by atoms with van der Waals surface area (Å²) in [5.41, 5.74) is 2.60. The minimum Gasteiger partial charge on any atom is -0.363 e. The molecule has 0 radical (unpaired) electrons. The maximum atomic E-state index is 13.0. The van der Waals surface area contributed by atoms with Crippen LogP contribution >= 0.6 is 0 Å². The second-order valence-electron chi connectivity index (χ2n) is 5.34. The lowest BCUT2D eigenvalue weighted by Gasteiger charge is -2.07. The molecule has 118 valence electrons. The summed E-state index contributed by atoms with van der Waals surface area (Å²) < 4.78 is 14.9. The highest BCUT2D eigenvalue weighted by Crippen LogP contribution is 2.21. The molecule has 0 aliphatic rings. The van der Waals surface area contributed by atoms with E-state index in [-0.39, 0.29) is 5.82 Å². The average Bonchev–Trinajstić information content (AvgIpc) is 3.07. The smallest absolute Gasteiger partial charge is 0.203 e. The fourth-order valence-electron chi connectivity index (χ4n) is 2.52. The fraction of sp³-hybridized carbons (Fsp3) is 0.0556. The van der Waals surface area contributed by atoms with Gasteiger partial charge in [0.05, 0.1) is 0 Å². The standard InChI is InChI=1S/C18H14FN5/c19-15-8-6-13(7-9-15)12-21-16-18-23-22-17(24(18)11-10-20-16)14-4-2-1-3-5-14/h1-11H,12H2,(H,20,21). The number of anilines is 1. The number of benzene rings is 2. The molecule has 0 saturated heterocycles. The fourth-order valence-corrected chi connectivity index (χ4v) is 2.52. The number of halogens is 1. The molecule has 2 aromatic carbocycles. The van der Waals surface area contributed by atoms with Crippen molar-refractivity contribution in [2.45, 2.75) is 6.54 Å². The topological polar surface area (TPSA) is 55.1 Å². The van der Waals surface area contributed by atoms with E-state index in [1.807, 2.05) is 40.9 Å². The lowest BCUT2D eigenvalue weighted by Crippen LogP contribution is -2.04. The van der Waals surface area contributed by atoms with Crippen LogP contribution in [0.1, 0.15) is 5.56 Å². The summed E-state index contributed by atoms with van der Waals surface area (Å²) in [5.74, 6) is 1.15. The van der Waals surface area contributed by atoms with Gasteiger partial charge in [-0.05, 0) is 17.7 Å². The molecule has 5 nitrogen and oxygen atoms in total. The van der Waals surface area contributed by atoms with Gasteiger partial charge in [0.2, 0.25) is 5.65 Å². The van der Waals surface area contributed by atoms with Gasteiger partial charge in [-0.1, -0.05) is 42.5 Å². The molecule has 1 N–H and O–H groups in total. The summed E-state index contributed by atoms with van der Waals surface area (Å²) >= 11 is 0. The van der Waals surface area contributed by atoms with Gasteiger partial charge in [0.1, 0.15) is 5.82 Å². The maximum Gasteiger partial charge on any atom is 0.203 e. The van der Waals surface area contributed by atoms with Crippen LogP contribution in [-0.4, -0.2) is 19.6 Å². The maximum absolute atomic E-state index is 13.0. The molecule has 0 unspecified atom stereocenters. The van der Waals surface area contributed by atoms with Crippen molar-refractivity contribution in [2.75, 3.05) is 5.32 Å². The molecule has 0 atom stereocenters. The molecular formula is C18H14FN5. The molecule has 0 aliphatic heterocycles. The summed E-state index contributed by atoms with van der Waals surface area (Å²) in [6.07, 6.45) is 3.54.